The number of hydrogen-bond donors (Lipinski definition) is 2. The second-order valence-corrected chi connectivity index (χ2v) is 5.25. The van der Waals surface area contributed by atoms with Gasteiger partial charge in [-0.15, -0.1) is 0 Å². The van der Waals surface area contributed by atoms with Crippen molar-refractivity contribution in [2.75, 3.05) is 18.0 Å². The predicted octanol–water partition coefficient (Wildman–Crippen LogP) is 2.05. The first kappa shape index (κ1) is 14.0. The van der Waals surface area contributed by atoms with Crippen molar-refractivity contribution in [3.8, 4) is 0 Å². The highest BCUT2D eigenvalue weighted by Crippen LogP contribution is 2.27. The molecule has 0 saturated carbocycles. The fourth-order valence-electron chi connectivity index (χ4n) is 2.42. The highest BCUT2D eigenvalue weighted by atomic mass is 35.5. The molecule has 104 valence electrons. The number of nitrogens with zero attached hydrogens (tertiary/aromatic N) is 2. The largest absolute Gasteiger partial charge is 0.409 e. The maximum Gasteiger partial charge on any atom is 0.172 e. The molecule has 1 aromatic carbocycles. The minimum Gasteiger partial charge on any atom is -0.409 e. The molecule has 0 unspecified atom stereocenters. The summed E-state index contributed by atoms with van der Waals surface area (Å²) in [6.45, 7) is 5.58. The Labute approximate surface area is 117 Å². The lowest BCUT2D eigenvalue weighted by molar-refractivity contribution is -0.00522. The number of oxime groups is 1. The molecule has 1 aliphatic heterocycles. The van der Waals surface area contributed by atoms with E-state index < -0.39 is 0 Å². The molecule has 2 atom stereocenters. The number of benzene rings is 1. The molecule has 0 bridgehead atoms. The Morgan fingerprint density at radius 3 is 2.63 bits per heavy atom. The summed E-state index contributed by atoms with van der Waals surface area (Å²) in [5, 5.41) is 12.5. The highest BCUT2D eigenvalue weighted by Gasteiger charge is 2.24. The molecule has 1 aromatic rings. The van der Waals surface area contributed by atoms with Crippen LogP contribution in [0.5, 0.6) is 0 Å². The van der Waals surface area contributed by atoms with Crippen molar-refractivity contribution in [1.29, 1.82) is 0 Å². The van der Waals surface area contributed by atoms with Crippen LogP contribution in [0.15, 0.2) is 23.4 Å². The third-order valence-corrected chi connectivity index (χ3v) is 3.34. The standard InChI is InChI=1S/C13H18ClN3O2/c1-8-6-17(7-9(2)19-8)12-4-3-10(14)5-11(12)13(15)16-18/h3-5,8-9,18H,6-7H2,1-2H3,(H2,15,16)/t8-,9+. The molecule has 5 nitrogen and oxygen atoms in total. The topological polar surface area (TPSA) is 71.1 Å². The van der Waals surface area contributed by atoms with E-state index in [1.165, 1.54) is 0 Å². The Kier molecular flexibility index (Phi) is 4.17. The van der Waals surface area contributed by atoms with Gasteiger partial charge in [0.15, 0.2) is 5.84 Å². The lowest BCUT2D eigenvalue weighted by Gasteiger charge is -2.37. The van der Waals surface area contributed by atoms with Crippen LogP contribution < -0.4 is 10.6 Å². The molecule has 1 aliphatic rings. The molecule has 6 heteroatoms. The number of nitrogens with two attached hydrogens (primary N) is 1. The molecule has 0 spiro atoms. The van der Waals surface area contributed by atoms with Gasteiger partial charge >= 0.3 is 0 Å². The first-order chi connectivity index (χ1) is 9.01. The van der Waals surface area contributed by atoms with Crippen LogP contribution in [0, 0.1) is 0 Å². The van der Waals surface area contributed by atoms with Gasteiger partial charge in [-0.2, -0.15) is 0 Å². The van der Waals surface area contributed by atoms with Gasteiger partial charge in [0, 0.05) is 29.4 Å². The van der Waals surface area contributed by atoms with Gasteiger partial charge in [0.05, 0.1) is 12.2 Å². The minimum atomic E-state index is 0.0595. The second kappa shape index (κ2) is 5.67. The molecule has 1 saturated heterocycles. The van der Waals surface area contributed by atoms with Crippen molar-refractivity contribution in [1.82, 2.24) is 0 Å². The SMILES string of the molecule is C[C@@H]1CN(c2ccc(Cl)cc2/C(N)=N/O)C[C@H](C)O1. The zero-order chi connectivity index (χ0) is 14.0. The van der Waals surface area contributed by atoms with Crippen LogP contribution in [0.2, 0.25) is 5.02 Å². The summed E-state index contributed by atoms with van der Waals surface area (Å²) in [6, 6.07) is 5.40. The van der Waals surface area contributed by atoms with Crippen molar-refractivity contribution < 1.29 is 9.94 Å². The zero-order valence-corrected chi connectivity index (χ0v) is 11.8. The normalized spacial score (nSPS) is 24.6. The number of amidine groups is 1. The van der Waals surface area contributed by atoms with Crippen molar-refractivity contribution in [2.45, 2.75) is 26.1 Å². The number of ether oxygens (including phenoxy) is 1. The van der Waals surface area contributed by atoms with Crippen LogP contribution in [-0.2, 0) is 4.74 Å². The zero-order valence-electron chi connectivity index (χ0n) is 11.0. The van der Waals surface area contributed by atoms with E-state index in [0.29, 0.717) is 10.6 Å². The van der Waals surface area contributed by atoms with Crippen LogP contribution in [0.1, 0.15) is 19.4 Å². The van der Waals surface area contributed by atoms with Crippen LogP contribution >= 0.6 is 11.6 Å². The fourth-order valence-corrected chi connectivity index (χ4v) is 2.59. The Morgan fingerprint density at radius 1 is 1.42 bits per heavy atom. The van der Waals surface area contributed by atoms with Crippen LogP contribution in [-0.4, -0.2) is 36.3 Å². The van der Waals surface area contributed by atoms with E-state index >= 15 is 0 Å². The van der Waals surface area contributed by atoms with Gasteiger partial charge in [0.25, 0.3) is 0 Å². The number of rotatable bonds is 2. The van der Waals surface area contributed by atoms with Crippen LogP contribution in [0.4, 0.5) is 5.69 Å². The van der Waals surface area contributed by atoms with E-state index in [-0.39, 0.29) is 18.0 Å². The smallest absolute Gasteiger partial charge is 0.172 e. The Bertz CT molecular complexity index is 483. The number of anilines is 1. The van der Waals surface area contributed by atoms with Crippen molar-refractivity contribution >= 4 is 23.1 Å². The van der Waals surface area contributed by atoms with E-state index in [2.05, 4.69) is 10.1 Å². The summed E-state index contributed by atoms with van der Waals surface area (Å²) in [7, 11) is 0. The predicted molar refractivity (Wildman–Crippen MR) is 76.2 cm³/mol. The lowest BCUT2D eigenvalue weighted by atomic mass is 10.1. The maximum atomic E-state index is 8.88. The van der Waals surface area contributed by atoms with E-state index in [4.69, 9.17) is 27.3 Å². The molecule has 0 aromatic heterocycles. The summed E-state index contributed by atoms with van der Waals surface area (Å²) < 4.78 is 5.71. The quantitative estimate of drug-likeness (QED) is 0.377. The first-order valence-electron chi connectivity index (χ1n) is 6.19. The number of halogens is 1. The number of morpholine rings is 1. The fraction of sp³-hybridized carbons (Fsp3) is 0.462. The summed E-state index contributed by atoms with van der Waals surface area (Å²) in [4.78, 5) is 2.17. The van der Waals surface area contributed by atoms with Crippen molar-refractivity contribution in [3.05, 3.63) is 28.8 Å². The highest BCUT2D eigenvalue weighted by molar-refractivity contribution is 6.31. The second-order valence-electron chi connectivity index (χ2n) is 4.81. The molecular formula is C13H18ClN3O2. The summed E-state index contributed by atoms with van der Waals surface area (Å²) in [5.41, 5.74) is 7.26. The van der Waals surface area contributed by atoms with Gasteiger partial charge in [-0.25, -0.2) is 0 Å². The molecule has 19 heavy (non-hydrogen) atoms. The van der Waals surface area contributed by atoms with E-state index in [1.54, 1.807) is 12.1 Å². The molecule has 1 heterocycles. The summed E-state index contributed by atoms with van der Waals surface area (Å²) >= 11 is 5.98. The minimum absolute atomic E-state index is 0.0595. The average molecular weight is 284 g/mol. The van der Waals surface area contributed by atoms with Crippen molar-refractivity contribution in [3.63, 3.8) is 0 Å². The lowest BCUT2D eigenvalue weighted by Crippen LogP contribution is -2.46. The van der Waals surface area contributed by atoms with Crippen LogP contribution in [0.3, 0.4) is 0 Å². The Balaban J connectivity index is 2.38. The first-order valence-corrected chi connectivity index (χ1v) is 6.57. The van der Waals surface area contributed by atoms with Gasteiger partial charge in [0.1, 0.15) is 0 Å². The average Bonchev–Trinajstić information content (AvgIpc) is 2.36. The molecule has 0 aliphatic carbocycles. The van der Waals surface area contributed by atoms with Gasteiger partial charge in [-0.3, -0.25) is 0 Å². The molecule has 0 radical (unpaired) electrons. The Morgan fingerprint density at radius 2 is 2.05 bits per heavy atom. The monoisotopic (exact) mass is 283 g/mol. The maximum absolute atomic E-state index is 8.88. The molecule has 2 rings (SSSR count). The van der Waals surface area contributed by atoms with E-state index in [9.17, 15) is 0 Å². The van der Waals surface area contributed by atoms with Gasteiger partial charge in [0.2, 0.25) is 0 Å². The molecule has 1 fully saturated rings. The van der Waals surface area contributed by atoms with E-state index in [0.717, 1.165) is 18.8 Å². The third-order valence-electron chi connectivity index (χ3n) is 3.10. The molecular weight excluding hydrogens is 266 g/mol. The molecule has 0 amide bonds. The van der Waals surface area contributed by atoms with Crippen LogP contribution in [0.25, 0.3) is 0 Å². The summed E-state index contributed by atoms with van der Waals surface area (Å²) in [5.74, 6) is 0.0595. The van der Waals surface area contributed by atoms with Gasteiger partial charge in [-0.05, 0) is 32.0 Å². The Hall–Kier alpha value is -1.46. The molecule has 3 N–H and O–H groups in total. The van der Waals surface area contributed by atoms with Crippen molar-refractivity contribution in [2.24, 2.45) is 10.9 Å². The van der Waals surface area contributed by atoms with Gasteiger partial charge < -0.3 is 20.6 Å². The van der Waals surface area contributed by atoms with Gasteiger partial charge in [-0.1, -0.05) is 16.8 Å². The van der Waals surface area contributed by atoms with E-state index in [1.807, 2.05) is 19.9 Å². The third kappa shape index (κ3) is 3.11. The summed E-state index contributed by atoms with van der Waals surface area (Å²) in [6.07, 6.45) is 0.277. The number of hydrogen-bond acceptors (Lipinski definition) is 4.